The maximum Gasteiger partial charge on any atom is 0.341 e. The highest BCUT2D eigenvalue weighted by molar-refractivity contribution is 7.99. The maximum absolute atomic E-state index is 12.2. The van der Waals surface area contributed by atoms with Crippen LogP contribution in [-0.4, -0.2) is 39.9 Å². The molecule has 2 N–H and O–H groups in total. The first kappa shape index (κ1) is 17.0. The molecular weight excluding hydrogens is 348 g/mol. The summed E-state index contributed by atoms with van der Waals surface area (Å²) in [7, 11) is 1.36. The van der Waals surface area contributed by atoms with Crippen molar-refractivity contribution in [2.75, 3.05) is 18.2 Å². The van der Waals surface area contributed by atoms with E-state index in [9.17, 15) is 9.59 Å². The van der Waals surface area contributed by atoms with Crippen molar-refractivity contribution in [3.63, 3.8) is 0 Å². The summed E-state index contributed by atoms with van der Waals surface area (Å²) >= 11 is 2.74. The van der Waals surface area contributed by atoms with E-state index in [1.54, 1.807) is 0 Å². The van der Waals surface area contributed by atoms with Gasteiger partial charge in [-0.3, -0.25) is 9.89 Å². The van der Waals surface area contributed by atoms with Gasteiger partial charge in [0, 0.05) is 4.88 Å². The molecule has 7 nitrogen and oxygen atoms in total. The summed E-state index contributed by atoms with van der Waals surface area (Å²) in [6.07, 6.45) is 4.22. The third-order valence-electron chi connectivity index (χ3n) is 3.89. The van der Waals surface area contributed by atoms with Crippen LogP contribution in [0.4, 0.5) is 5.00 Å². The number of H-pyrrole nitrogens is 1. The number of aromatic amines is 1. The minimum absolute atomic E-state index is 0.187. The van der Waals surface area contributed by atoms with Crippen molar-refractivity contribution in [1.82, 2.24) is 15.2 Å². The molecular formula is C15H18N4O3S2. The van der Waals surface area contributed by atoms with E-state index >= 15 is 0 Å². The average molecular weight is 366 g/mol. The molecule has 0 aliphatic heterocycles. The van der Waals surface area contributed by atoms with Gasteiger partial charge in [-0.25, -0.2) is 9.78 Å². The fraction of sp³-hybridized carbons (Fsp3) is 0.467. The average Bonchev–Trinajstić information content (AvgIpc) is 3.19. The van der Waals surface area contributed by atoms with Crippen LogP contribution in [0.15, 0.2) is 11.5 Å². The number of carbonyl (C=O) groups excluding carboxylic acids is 2. The summed E-state index contributed by atoms with van der Waals surface area (Å²) in [5.41, 5.74) is 1.55. The number of aromatic nitrogens is 3. The monoisotopic (exact) mass is 366 g/mol. The Kier molecular flexibility index (Phi) is 5.20. The summed E-state index contributed by atoms with van der Waals surface area (Å²) < 4.78 is 4.92. The Bertz CT molecular complexity index is 742. The molecule has 24 heavy (non-hydrogen) atoms. The number of nitrogens with zero attached hydrogens (tertiary/aromatic N) is 2. The number of anilines is 1. The Labute approximate surface area is 147 Å². The van der Waals surface area contributed by atoms with Crippen LogP contribution < -0.4 is 5.32 Å². The molecule has 0 radical (unpaired) electrons. The van der Waals surface area contributed by atoms with Gasteiger partial charge in [0.25, 0.3) is 0 Å². The molecule has 0 bridgehead atoms. The van der Waals surface area contributed by atoms with Gasteiger partial charge in [-0.15, -0.1) is 11.3 Å². The Hall–Kier alpha value is -1.87. The normalized spacial score (nSPS) is 16.5. The fourth-order valence-electron chi connectivity index (χ4n) is 2.72. The van der Waals surface area contributed by atoms with Crippen molar-refractivity contribution in [3.8, 4) is 0 Å². The van der Waals surface area contributed by atoms with E-state index in [0.717, 1.165) is 24.8 Å². The lowest BCUT2D eigenvalue weighted by molar-refractivity contribution is -0.113. The van der Waals surface area contributed by atoms with Gasteiger partial charge in [0.2, 0.25) is 5.91 Å². The zero-order valence-electron chi connectivity index (χ0n) is 13.4. The first-order valence-electron chi connectivity index (χ1n) is 7.59. The predicted octanol–water partition coefficient (Wildman–Crippen LogP) is 2.51. The number of carbonyl (C=O) groups is 2. The Morgan fingerprint density at radius 2 is 2.38 bits per heavy atom. The molecule has 2 aromatic heterocycles. The Morgan fingerprint density at radius 3 is 3.08 bits per heavy atom. The molecule has 0 aromatic carbocycles. The van der Waals surface area contributed by atoms with Gasteiger partial charge in [-0.2, -0.15) is 5.10 Å². The number of ether oxygens (including phenoxy) is 1. The highest BCUT2D eigenvalue weighted by atomic mass is 32.2. The lowest BCUT2D eigenvalue weighted by Gasteiger charge is -2.18. The number of hydrogen-bond acceptors (Lipinski definition) is 7. The van der Waals surface area contributed by atoms with E-state index in [1.807, 2.05) is 0 Å². The first-order valence-corrected chi connectivity index (χ1v) is 9.39. The first-order chi connectivity index (χ1) is 11.6. The molecule has 3 rings (SSSR count). The summed E-state index contributed by atoms with van der Waals surface area (Å²) in [5, 5.41) is 10.5. The van der Waals surface area contributed by atoms with E-state index in [4.69, 9.17) is 4.74 Å². The van der Waals surface area contributed by atoms with Crippen LogP contribution in [0.2, 0.25) is 0 Å². The largest absolute Gasteiger partial charge is 0.465 e. The van der Waals surface area contributed by atoms with Gasteiger partial charge in [-0.1, -0.05) is 18.7 Å². The smallest absolute Gasteiger partial charge is 0.341 e. The van der Waals surface area contributed by atoms with Gasteiger partial charge in [-0.05, 0) is 30.7 Å². The predicted molar refractivity (Wildman–Crippen MR) is 92.6 cm³/mol. The van der Waals surface area contributed by atoms with Crippen LogP contribution in [0.5, 0.6) is 0 Å². The third kappa shape index (κ3) is 3.62. The number of rotatable bonds is 5. The SMILES string of the molecule is COC(=O)c1c(NC(=O)CSc2ncn[nH]2)sc2c1CC[C@@H](C)C2. The number of thiophene rings is 1. The maximum atomic E-state index is 12.2. The van der Waals surface area contributed by atoms with Gasteiger partial charge >= 0.3 is 5.97 Å². The number of thioether (sulfide) groups is 1. The molecule has 2 heterocycles. The van der Waals surface area contributed by atoms with Gasteiger partial charge in [0.1, 0.15) is 11.3 Å². The number of amides is 1. The van der Waals surface area contributed by atoms with Crippen molar-refractivity contribution < 1.29 is 14.3 Å². The van der Waals surface area contributed by atoms with Crippen LogP contribution in [0.3, 0.4) is 0 Å². The fourth-order valence-corrected chi connectivity index (χ4v) is 4.71. The molecule has 0 saturated heterocycles. The van der Waals surface area contributed by atoms with Gasteiger partial charge < -0.3 is 10.1 Å². The molecule has 0 fully saturated rings. The van der Waals surface area contributed by atoms with Gasteiger partial charge in [0.05, 0.1) is 18.4 Å². The van der Waals surface area contributed by atoms with Crippen molar-refractivity contribution in [3.05, 3.63) is 22.3 Å². The second-order valence-electron chi connectivity index (χ2n) is 5.67. The highest BCUT2D eigenvalue weighted by Crippen LogP contribution is 2.40. The second kappa shape index (κ2) is 7.35. The van der Waals surface area contributed by atoms with E-state index < -0.39 is 0 Å². The van der Waals surface area contributed by atoms with Gasteiger partial charge in [0.15, 0.2) is 5.16 Å². The van der Waals surface area contributed by atoms with Crippen LogP contribution in [-0.2, 0) is 22.4 Å². The van der Waals surface area contributed by atoms with E-state index in [-0.39, 0.29) is 17.6 Å². The summed E-state index contributed by atoms with van der Waals surface area (Å²) in [6.45, 7) is 2.20. The second-order valence-corrected chi connectivity index (χ2v) is 7.74. The summed E-state index contributed by atoms with van der Waals surface area (Å²) in [6, 6.07) is 0. The molecule has 2 aromatic rings. The molecule has 1 aliphatic carbocycles. The minimum Gasteiger partial charge on any atom is -0.465 e. The highest BCUT2D eigenvalue weighted by Gasteiger charge is 2.28. The van der Waals surface area contributed by atoms with Crippen molar-refractivity contribution in [2.45, 2.75) is 31.3 Å². The number of hydrogen-bond donors (Lipinski definition) is 2. The molecule has 128 valence electrons. The molecule has 0 unspecified atom stereocenters. The molecule has 9 heteroatoms. The number of fused-ring (bicyclic) bond motifs is 1. The van der Waals surface area contributed by atoms with Crippen molar-refractivity contribution >= 4 is 40.0 Å². The summed E-state index contributed by atoms with van der Waals surface area (Å²) in [4.78, 5) is 29.5. The van der Waals surface area contributed by atoms with Crippen LogP contribution in [0.1, 0.15) is 34.1 Å². The Morgan fingerprint density at radius 1 is 1.54 bits per heavy atom. The van der Waals surface area contributed by atoms with Crippen molar-refractivity contribution in [1.29, 1.82) is 0 Å². The molecule has 1 amide bonds. The Balaban J connectivity index is 1.76. The van der Waals surface area contributed by atoms with Crippen molar-refractivity contribution in [2.24, 2.45) is 5.92 Å². The quantitative estimate of drug-likeness (QED) is 0.623. The molecule has 0 spiro atoms. The zero-order valence-corrected chi connectivity index (χ0v) is 15.1. The number of nitrogens with one attached hydrogen (secondary N) is 2. The number of methoxy groups -OCH3 is 1. The number of esters is 1. The van der Waals surface area contributed by atoms with E-state index in [2.05, 4.69) is 27.4 Å². The third-order valence-corrected chi connectivity index (χ3v) is 5.93. The topological polar surface area (TPSA) is 97.0 Å². The van der Waals surface area contributed by atoms with Crippen LogP contribution >= 0.6 is 23.1 Å². The molecule has 1 aliphatic rings. The molecule has 1 atom stereocenters. The lowest BCUT2D eigenvalue weighted by atomic mass is 9.88. The van der Waals surface area contributed by atoms with Crippen LogP contribution in [0.25, 0.3) is 0 Å². The zero-order chi connectivity index (χ0) is 17.1. The summed E-state index contributed by atoms with van der Waals surface area (Å²) in [5.74, 6) is 0.204. The molecule has 0 saturated carbocycles. The minimum atomic E-state index is -0.389. The standard InChI is InChI=1S/C15H18N4O3S2/c1-8-3-4-9-10(5-8)24-13(12(9)14(21)22-2)18-11(20)6-23-15-16-7-17-19-15/h7-8H,3-6H2,1-2H3,(H,18,20)(H,16,17,19)/t8-/m1/s1. The van der Waals surface area contributed by atoms with E-state index in [0.29, 0.717) is 21.6 Å². The van der Waals surface area contributed by atoms with Crippen LogP contribution in [0, 0.1) is 5.92 Å². The van der Waals surface area contributed by atoms with E-state index in [1.165, 1.54) is 41.4 Å². The lowest BCUT2D eigenvalue weighted by Crippen LogP contribution is -2.17.